The zero-order valence-corrected chi connectivity index (χ0v) is 14.4. The number of para-hydroxylation sites is 1. The Morgan fingerprint density at radius 2 is 2.00 bits per heavy atom. The van der Waals surface area contributed by atoms with E-state index in [0.717, 1.165) is 43.5 Å². The normalized spacial score (nSPS) is 25.7. The summed E-state index contributed by atoms with van der Waals surface area (Å²) in [7, 11) is 0. The lowest BCUT2D eigenvalue weighted by atomic mass is 9.91. The van der Waals surface area contributed by atoms with Crippen molar-refractivity contribution in [3.05, 3.63) is 35.9 Å². The highest BCUT2D eigenvalue weighted by atomic mass is 16.5. The predicted molar refractivity (Wildman–Crippen MR) is 95.1 cm³/mol. The van der Waals surface area contributed by atoms with Crippen LogP contribution in [0.3, 0.4) is 0 Å². The number of likely N-dealkylation sites (tertiary alicyclic amines) is 2. The number of fused-ring (bicyclic) bond motifs is 1. The summed E-state index contributed by atoms with van der Waals surface area (Å²) < 4.78 is 6.33. The summed E-state index contributed by atoms with van der Waals surface area (Å²) >= 11 is 0. The van der Waals surface area contributed by atoms with Gasteiger partial charge in [-0.05, 0) is 31.4 Å². The van der Waals surface area contributed by atoms with Crippen molar-refractivity contribution in [3.8, 4) is 5.75 Å². The lowest BCUT2D eigenvalue weighted by Gasteiger charge is -2.34. The third-order valence-electron chi connectivity index (χ3n) is 5.48. The molecule has 5 heteroatoms. The summed E-state index contributed by atoms with van der Waals surface area (Å²) in [6.07, 6.45) is 8.35. The molecule has 2 saturated heterocycles. The standard InChI is InChI=1S/C20H24N2O3/c23-18-7-3-12-22(18)15-19(24)21-13-4-9-20(11-14-21)10-8-16-5-1-2-6-17(16)25-20/h1-2,5-6,8,10H,3-4,7,9,11-15H2. The summed E-state index contributed by atoms with van der Waals surface area (Å²) in [6.45, 7) is 2.35. The van der Waals surface area contributed by atoms with Crippen molar-refractivity contribution in [1.82, 2.24) is 9.80 Å². The van der Waals surface area contributed by atoms with Gasteiger partial charge in [-0.15, -0.1) is 0 Å². The van der Waals surface area contributed by atoms with Crippen LogP contribution in [0.5, 0.6) is 5.75 Å². The van der Waals surface area contributed by atoms with Crippen molar-refractivity contribution in [2.45, 2.75) is 37.7 Å². The molecule has 1 aromatic rings. The number of ether oxygens (including phenoxy) is 1. The molecule has 25 heavy (non-hydrogen) atoms. The SMILES string of the molecule is O=C(CN1CCCC1=O)N1CCCC2(C=Cc3ccccc3O2)CC1. The molecule has 0 N–H and O–H groups in total. The van der Waals surface area contributed by atoms with Crippen molar-refractivity contribution >= 4 is 17.9 Å². The quantitative estimate of drug-likeness (QED) is 0.831. The molecule has 0 bridgehead atoms. The zero-order chi connectivity index (χ0) is 17.3. The topological polar surface area (TPSA) is 49.9 Å². The molecule has 0 aromatic heterocycles. The molecule has 1 aromatic carbocycles. The first-order valence-electron chi connectivity index (χ1n) is 9.18. The van der Waals surface area contributed by atoms with Gasteiger partial charge < -0.3 is 14.5 Å². The number of benzene rings is 1. The van der Waals surface area contributed by atoms with Crippen LogP contribution in [0.1, 0.15) is 37.7 Å². The molecular weight excluding hydrogens is 316 g/mol. The van der Waals surface area contributed by atoms with Crippen LogP contribution < -0.4 is 4.74 Å². The van der Waals surface area contributed by atoms with Crippen LogP contribution in [0.4, 0.5) is 0 Å². The van der Waals surface area contributed by atoms with Crippen molar-refractivity contribution in [3.63, 3.8) is 0 Å². The lowest BCUT2D eigenvalue weighted by molar-refractivity contribution is -0.138. The van der Waals surface area contributed by atoms with Crippen LogP contribution in [0, 0.1) is 0 Å². The van der Waals surface area contributed by atoms with E-state index in [4.69, 9.17) is 4.74 Å². The zero-order valence-electron chi connectivity index (χ0n) is 14.4. The van der Waals surface area contributed by atoms with Crippen molar-refractivity contribution in [1.29, 1.82) is 0 Å². The molecule has 1 unspecified atom stereocenters. The number of carbonyl (C=O) groups excluding carboxylic acids is 2. The highest BCUT2D eigenvalue weighted by Gasteiger charge is 2.36. The van der Waals surface area contributed by atoms with E-state index in [9.17, 15) is 9.59 Å². The summed E-state index contributed by atoms with van der Waals surface area (Å²) in [5, 5.41) is 0. The Morgan fingerprint density at radius 1 is 1.12 bits per heavy atom. The Bertz CT molecular complexity index is 715. The molecule has 0 saturated carbocycles. The second kappa shape index (κ2) is 6.54. The molecule has 0 radical (unpaired) electrons. The third kappa shape index (κ3) is 3.28. The van der Waals surface area contributed by atoms with E-state index in [0.29, 0.717) is 19.5 Å². The lowest BCUT2D eigenvalue weighted by Crippen LogP contribution is -2.42. The van der Waals surface area contributed by atoms with Crippen LogP contribution in [-0.4, -0.2) is 53.4 Å². The Labute approximate surface area is 148 Å². The number of hydrogen-bond acceptors (Lipinski definition) is 3. The van der Waals surface area contributed by atoms with Gasteiger partial charge in [0.1, 0.15) is 11.4 Å². The maximum atomic E-state index is 12.6. The van der Waals surface area contributed by atoms with Crippen LogP contribution in [0.25, 0.3) is 6.08 Å². The van der Waals surface area contributed by atoms with Gasteiger partial charge in [0.05, 0.1) is 6.54 Å². The molecular formula is C20H24N2O3. The molecule has 2 fully saturated rings. The Kier molecular flexibility index (Phi) is 4.24. The van der Waals surface area contributed by atoms with Crippen LogP contribution in [0.2, 0.25) is 0 Å². The molecule has 1 atom stereocenters. The summed E-state index contributed by atoms with van der Waals surface area (Å²) in [5.74, 6) is 1.09. The molecule has 1 spiro atoms. The molecule has 0 aliphatic carbocycles. The first-order valence-corrected chi connectivity index (χ1v) is 9.18. The second-order valence-corrected chi connectivity index (χ2v) is 7.19. The Morgan fingerprint density at radius 3 is 2.84 bits per heavy atom. The van der Waals surface area contributed by atoms with E-state index in [-0.39, 0.29) is 24.0 Å². The van der Waals surface area contributed by atoms with Gasteiger partial charge in [-0.1, -0.05) is 24.3 Å². The smallest absolute Gasteiger partial charge is 0.242 e. The van der Waals surface area contributed by atoms with Gasteiger partial charge in [0.2, 0.25) is 11.8 Å². The maximum absolute atomic E-state index is 12.6. The number of nitrogens with zero attached hydrogens (tertiary/aromatic N) is 2. The van der Waals surface area contributed by atoms with Gasteiger partial charge in [-0.25, -0.2) is 0 Å². The molecule has 2 amide bonds. The van der Waals surface area contributed by atoms with Gasteiger partial charge in [-0.2, -0.15) is 0 Å². The Hall–Kier alpha value is -2.30. The number of amides is 2. The predicted octanol–water partition coefficient (Wildman–Crippen LogP) is 2.47. The number of carbonyl (C=O) groups is 2. The first kappa shape index (κ1) is 16.2. The van der Waals surface area contributed by atoms with Crippen molar-refractivity contribution < 1.29 is 14.3 Å². The van der Waals surface area contributed by atoms with E-state index in [1.54, 1.807) is 4.90 Å². The summed E-state index contributed by atoms with van der Waals surface area (Å²) in [4.78, 5) is 27.9. The van der Waals surface area contributed by atoms with E-state index in [1.165, 1.54) is 0 Å². The van der Waals surface area contributed by atoms with Crippen molar-refractivity contribution in [2.75, 3.05) is 26.2 Å². The van der Waals surface area contributed by atoms with E-state index < -0.39 is 0 Å². The monoisotopic (exact) mass is 340 g/mol. The minimum atomic E-state index is -0.313. The van der Waals surface area contributed by atoms with E-state index in [1.807, 2.05) is 23.1 Å². The fourth-order valence-corrected chi connectivity index (χ4v) is 3.99. The van der Waals surface area contributed by atoms with Crippen LogP contribution in [-0.2, 0) is 9.59 Å². The number of hydrogen-bond donors (Lipinski definition) is 0. The van der Waals surface area contributed by atoms with Crippen LogP contribution >= 0.6 is 0 Å². The van der Waals surface area contributed by atoms with E-state index >= 15 is 0 Å². The highest BCUT2D eigenvalue weighted by molar-refractivity contribution is 5.85. The van der Waals surface area contributed by atoms with Gasteiger partial charge >= 0.3 is 0 Å². The molecule has 132 valence electrons. The summed E-state index contributed by atoms with van der Waals surface area (Å²) in [6, 6.07) is 8.06. The Balaban J connectivity index is 1.41. The fourth-order valence-electron chi connectivity index (χ4n) is 3.99. The maximum Gasteiger partial charge on any atom is 0.242 e. The van der Waals surface area contributed by atoms with Crippen LogP contribution in [0.15, 0.2) is 30.3 Å². The molecule has 3 aliphatic heterocycles. The number of rotatable bonds is 2. The average Bonchev–Trinajstić information content (AvgIpc) is 2.90. The molecule has 4 rings (SSSR count). The van der Waals surface area contributed by atoms with Crippen molar-refractivity contribution in [2.24, 2.45) is 0 Å². The largest absolute Gasteiger partial charge is 0.483 e. The van der Waals surface area contributed by atoms with Gasteiger partial charge in [-0.3, -0.25) is 9.59 Å². The van der Waals surface area contributed by atoms with Gasteiger partial charge in [0.15, 0.2) is 0 Å². The average molecular weight is 340 g/mol. The van der Waals surface area contributed by atoms with Gasteiger partial charge in [0, 0.05) is 38.0 Å². The molecule has 3 aliphatic rings. The third-order valence-corrected chi connectivity index (χ3v) is 5.48. The molecule has 3 heterocycles. The fraction of sp³-hybridized carbons (Fsp3) is 0.500. The highest BCUT2D eigenvalue weighted by Crippen LogP contribution is 2.36. The summed E-state index contributed by atoms with van der Waals surface area (Å²) in [5.41, 5.74) is 0.796. The molecule has 5 nitrogen and oxygen atoms in total. The second-order valence-electron chi connectivity index (χ2n) is 7.19. The van der Waals surface area contributed by atoms with Gasteiger partial charge in [0.25, 0.3) is 0 Å². The minimum absolute atomic E-state index is 0.0625. The first-order chi connectivity index (χ1) is 12.2. The van der Waals surface area contributed by atoms with E-state index in [2.05, 4.69) is 18.2 Å². The minimum Gasteiger partial charge on any atom is -0.483 e.